The molecule has 1 heterocycles. The second-order valence-electron chi connectivity index (χ2n) is 5.74. The van der Waals surface area contributed by atoms with Crippen LogP contribution in [0.15, 0.2) is 76.7 Å². The van der Waals surface area contributed by atoms with Crippen molar-refractivity contribution in [1.29, 1.82) is 0 Å². The molecule has 0 unspecified atom stereocenters. The maximum absolute atomic E-state index is 12.9. The van der Waals surface area contributed by atoms with E-state index in [1.54, 1.807) is 13.0 Å². The highest BCUT2D eigenvalue weighted by molar-refractivity contribution is 6.39. The molecule has 0 atom stereocenters. The van der Waals surface area contributed by atoms with E-state index in [1.165, 1.54) is 0 Å². The van der Waals surface area contributed by atoms with Crippen LogP contribution in [-0.4, -0.2) is 11.6 Å². The molecule has 1 aliphatic rings. The van der Waals surface area contributed by atoms with E-state index in [9.17, 15) is 9.59 Å². The molecule has 3 aromatic rings. The normalized spacial score (nSPS) is 14.0. The van der Waals surface area contributed by atoms with Gasteiger partial charge in [0, 0.05) is 16.7 Å². The number of carbonyl (C=O) groups is 2. The number of allylic oxidation sites excluding steroid dienone is 2. The van der Waals surface area contributed by atoms with Gasteiger partial charge in [0.15, 0.2) is 11.5 Å². The molecule has 1 aromatic heterocycles. The molecule has 0 radical (unpaired) electrons. The van der Waals surface area contributed by atoms with E-state index in [1.807, 2.05) is 60.7 Å². The zero-order valence-corrected chi connectivity index (χ0v) is 13.1. The van der Waals surface area contributed by atoms with Crippen LogP contribution in [0.1, 0.15) is 33.4 Å². The predicted octanol–water partition coefficient (Wildman–Crippen LogP) is 4.80. The molecule has 24 heavy (non-hydrogen) atoms. The highest BCUT2D eigenvalue weighted by Crippen LogP contribution is 2.36. The first-order valence-corrected chi connectivity index (χ1v) is 7.72. The van der Waals surface area contributed by atoms with Crippen LogP contribution in [0, 0.1) is 0 Å². The predicted molar refractivity (Wildman–Crippen MR) is 91.8 cm³/mol. The lowest BCUT2D eigenvalue weighted by atomic mass is 9.85. The Hall–Kier alpha value is -3.20. The van der Waals surface area contributed by atoms with Crippen LogP contribution < -0.4 is 0 Å². The Morgan fingerprint density at radius 2 is 1.33 bits per heavy atom. The topological polar surface area (TPSA) is 47.3 Å². The van der Waals surface area contributed by atoms with Crippen LogP contribution in [0.5, 0.6) is 0 Å². The van der Waals surface area contributed by atoms with Crippen LogP contribution in [0.3, 0.4) is 0 Å². The minimum Gasteiger partial charge on any atom is -0.452 e. The Kier molecular flexibility index (Phi) is 3.28. The van der Waals surface area contributed by atoms with Crippen LogP contribution in [0.4, 0.5) is 0 Å². The summed E-state index contributed by atoms with van der Waals surface area (Å²) in [5.41, 5.74) is 2.79. The third-order valence-electron chi connectivity index (χ3n) is 4.25. The molecule has 0 amide bonds. The third-order valence-corrected chi connectivity index (χ3v) is 4.25. The molecule has 4 rings (SSSR count). The molecule has 3 nitrogen and oxygen atoms in total. The third kappa shape index (κ3) is 2.14. The minimum absolute atomic E-state index is 0.128. The maximum atomic E-state index is 12.9. The van der Waals surface area contributed by atoms with Gasteiger partial charge < -0.3 is 4.42 Å². The van der Waals surface area contributed by atoms with E-state index in [-0.39, 0.29) is 17.3 Å². The summed E-state index contributed by atoms with van der Waals surface area (Å²) in [5.74, 6) is 0.262. The summed E-state index contributed by atoms with van der Waals surface area (Å²) >= 11 is 0. The smallest absolute Gasteiger partial charge is 0.229 e. The summed E-state index contributed by atoms with van der Waals surface area (Å²) in [6.45, 7) is 1.70. The number of ketones is 2. The fourth-order valence-electron chi connectivity index (χ4n) is 3.02. The Morgan fingerprint density at radius 1 is 0.750 bits per heavy atom. The Balaban J connectivity index is 1.86. The average molecular weight is 314 g/mol. The molecule has 3 heteroatoms. The zero-order valence-electron chi connectivity index (χ0n) is 13.1. The summed E-state index contributed by atoms with van der Waals surface area (Å²) in [5, 5.41) is 0. The first kappa shape index (κ1) is 14.4. The van der Waals surface area contributed by atoms with Gasteiger partial charge >= 0.3 is 0 Å². The second kappa shape index (κ2) is 5.46. The Bertz CT molecular complexity index is 976. The SMILES string of the molecule is CC1=C(c2ccccc2)C(=O)c2oc(-c3ccccc3)cc2C1=O. The zero-order chi connectivity index (χ0) is 16.7. The monoisotopic (exact) mass is 314 g/mol. The van der Waals surface area contributed by atoms with E-state index < -0.39 is 0 Å². The molecular weight excluding hydrogens is 300 g/mol. The highest BCUT2D eigenvalue weighted by atomic mass is 16.3. The van der Waals surface area contributed by atoms with Crippen molar-refractivity contribution in [1.82, 2.24) is 0 Å². The summed E-state index contributed by atoms with van der Waals surface area (Å²) in [7, 11) is 0. The Labute approximate surface area is 139 Å². The molecule has 0 spiro atoms. The number of furan rings is 1. The quantitative estimate of drug-likeness (QED) is 0.682. The number of benzene rings is 2. The van der Waals surface area contributed by atoms with Crippen LogP contribution in [-0.2, 0) is 0 Å². The van der Waals surface area contributed by atoms with E-state index in [0.717, 1.165) is 11.1 Å². The number of carbonyl (C=O) groups excluding carboxylic acids is 2. The maximum Gasteiger partial charge on any atom is 0.229 e. The van der Waals surface area contributed by atoms with Gasteiger partial charge in [-0.3, -0.25) is 9.59 Å². The van der Waals surface area contributed by atoms with Gasteiger partial charge in [-0.25, -0.2) is 0 Å². The molecule has 0 fully saturated rings. The number of Topliss-reactive ketones (excluding diaryl/α,β-unsaturated/α-hetero) is 2. The first-order valence-electron chi connectivity index (χ1n) is 7.72. The number of fused-ring (bicyclic) bond motifs is 1. The molecule has 116 valence electrons. The van der Waals surface area contributed by atoms with Gasteiger partial charge in [-0.15, -0.1) is 0 Å². The summed E-state index contributed by atoms with van der Waals surface area (Å²) in [4.78, 5) is 25.6. The minimum atomic E-state index is -0.240. The van der Waals surface area contributed by atoms with Crippen molar-refractivity contribution in [3.63, 3.8) is 0 Å². The molecule has 0 saturated carbocycles. The van der Waals surface area contributed by atoms with Gasteiger partial charge in [-0.2, -0.15) is 0 Å². The van der Waals surface area contributed by atoms with E-state index in [0.29, 0.717) is 22.5 Å². The summed E-state index contributed by atoms with van der Waals surface area (Å²) < 4.78 is 5.77. The lowest BCUT2D eigenvalue weighted by Crippen LogP contribution is -2.18. The van der Waals surface area contributed by atoms with Gasteiger partial charge in [-0.05, 0) is 18.6 Å². The van der Waals surface area contributed by atoms with Crippen molar-refractivity contribution in [3.8, 4) is 11.3 Å². The standard InChI is InChI=1S/C21H14O3/c1-13-18(15-10-6-3-7-11-15)20(23)21-16(19(13)22)12-17(24-21)14-8-4-2-5-9-14/h2-12H,1H3. The molecular formula is C21H14O3. The van der Waals surface area contributed by atoms with Crippen molar-refractivity contribution in [2.75, 3.05) is 0 Å². The van der Waals surface area contributed by atoms with Crippen LogP contribution >= 0.6 is 0 Å². The fraction of sp³-hybridized carbons (Fsp3) is 0.0476. The molecule has 0 aliphatic heterocycles. The van der Waals surface area contributed by atoms with E-state index in [4.69, 9.17) is 4.42 Å². The number of rotatable bonds is 2. The molecule has 0 saturated heterocycles. The molecule has 0 N–H and O–H groups in total. The van der Waals surface area contributed by atoms with Crippen LogP contribution in [0.25, 0.3) is 16.9 Å². The molecule has 2 aromatic carbocycles. The van der Waals surface area contributed by atoms with Crippen LogP contribution in [0.2, 0.25) is 0 Å². The van der Waals surface area contributed by atoms with Gasteiger partial charge in [0.1, 0.15) is 5.76 Å². The number of hydrogen-bond donors (Lipinski definition) is 0. The summed E-state index contributed by atoms with van der Waals surface area (Å²) in [6, 6.07) is 20.3. The van der Waals surface area contributed by atoms with Gasteiger partial charge in [0.25, 0.3) is 0 Å². The van der Waals surface area contributed by atoms with Gasteiger partial charge in [0.2, 0.25) is 5.78 Å². The average Bonchev–Trinajstić information content (AvgIpc) is 3.08. The lowest BCUT2D eigenvalue weighted by molar-refractivity contribution is 0.0976. The fourth-order valence-corrected chi connectivity index (χ4v) is 3.02. The van der Waals surface area contributed by atoms with Gasteiger partial charge in [-0.1, -0.05) is 60.7 Å². The second-order valence-corrected chi connectivity index (χ2v) is 5.74. The van der Waals surface area contributed by atoms with E-state index in [2.05, 4.69) is 0 Å². The van der Waals surface area contributed by atoms with Crippen molar-refractivity contribution in [2.45, 2.75) is 6.92 Å². The highest BCUT2D eigenvalue weighted by Gasteiger charge is 2.34. The van der Waals surface area contributed by atoms with Crippen molar-refractivity contribution in [3.05, 3.63) is 89.2 Å². The molecule has 1 aliphatic carbocycles. The first-order chi connectivity index (χ1) is 11.7. The van der Waals surface area contributed by atoms with Gasteiger partial charge in [0.05, 0.1) is 5.56 Å². The summed E-state index contributed by atoms with van der Waals surface area (Å²) in [6.07, 6.45) is 0. The largest absolute Gasteiger partial charge is 0.452 e. The van der Waals surface area contributed by atoms with Crippen molar-refractivity contribution >= 4 is 17.1 Å². The Morgan fingerprint density at radius 3 is 1.96 bits per heavy atom. The number of hydrogen-bond acceptors (Lipinski definition) is 3. The van der Waals surface area contributed by atoms with Crippen molar-refractivity contribution in [2.24, 2.45) is 0 Å². The lowest BCUT2D eigenvalue weighted by Gasteiger charge is -2.15. The van der Waals surface area contributed by atoms with Crippen molar-refractivity contribution < 1.29 is 14.0 Å². The van der Waals surface area contributed by atoms with E-state index >= 15 is 0 Å². The molecule has 0 bridgehead atoms.